The molecule has 2 rings (SSSR count). The van der Waals surface area contributed by atoms with Crippen molar-refractivity contribution in [2.24, 2.45) is 5.92 Å². The number of carbonyl (C=O) groups excluding carboxylic acids is 1. The monoisotopic (exact) mass is 207 g/mol. The predicted octanol–water partition coefficient (Wildman–Crippen LogP) is 1.72. The molecule has 0 aliphatic heterocycles. The van der Waals surface area contributed by atoms with E-state index in [0.29, 0.717) is 11.5 Å². The van der Waals surface area contributed by atoms with Crippen LogP contribution in [0.15, 0.2) is 12.4 Å². The zero-order chi connectivity index (χ0) is 10.5. The van der Waals surface area contributed by atoms with Crippen molar-refractivity contribution in [3.05, 3.63) is 18.0 Å². The van der Waals surface area contributed by atoms with Gasteiger partial charge in [0.15, 0.2) is 0 Å². The second kappa shape index (κ2) is 4.96. The molecule has 4 heteroatoms. The van der Waals surface area contributed by atoms with E-state index in [4.69, 9.17) is 0 Å². The first-order chi connectivity index (χ1) is 7.36. The first kappa shape index (κ1) is 10.2. The molecule has 1 fully saturated rings. The molecule has 0 saturated heterocycles. The summed E-state index contributed by atoms with van der Waals surface area (Å²) in [4.78, 5) is 11.6. The molecule has 2 N–H and O–H groups in total. The summed E-state index contributed by atoms with van der Waals surface area (Å²) in [5.41, 5.74) is 0.616. The van der Waals surface area contributed by atoms with Gasteiger partial charge in [0.2, 0.25) is 0 Å². The molecule has 0 spiro atoms. The van der Waals surface area contributed by atoms with Crippen LogP contribution < -0.4 is 5.32 Å². The van der Waals surface area contributed by atoms with E-state index >= 15 is 0 Å². The van der Waals surface area contributed by atoms with Crippen LogP contribution in [0.25, 0.3) is 0 Å². The Bertz CT molecular complexity index is 302. The highest BCUT2D eigenvalue weighted by Gasteiger charge is 2.14. The van der Waals surface area contributed by atoms with Gasteiger partial charge in [0.05, 0.1) is 11.8 Å². The van der Waals surface area contributed by atoms with E-state index in [-0.39, 0.29) is 5.91 Å². The number of rotatable bonds is 3. The van der Waals surface area contributed by atoms with E-state index < -0.39 is 0 Å². The molecule has 1 heterocycles. The summed E-state index contributed by atoms with van der Waals surface area (Å²) >= 11 is 0. The molecule has 1 aliphatic rings. The quantitative estimate of drug-likeness (QED) is 0.792. The lowest BCUT2D eigenvalue weighted by molar-refractivity contribution is 0.0943. The fraction of sp³-hybridized carbons (Fsp3) is 0.636. The van der Waals surface area contributed by atoms with Crippen molar-refractivity contribution in [2.45, 2.75) is 32.1 Å². The molecule has 1 saturated carbocycles. The standard InChI is InChI=1S/C11H17N3O/c15-11(10-7-13-14-8-10)12-6-9-4-2-1-3-5-9/h7-9H,1-6H2,(H,12,15)(H,13,14). The van der Waals surface area contributed by atoms with Crippen LogP contribution in [-0.4, -0.2) is 22.6 Å². The maximum absolute atomic E-state index is 11.6. The van der Waals surface area contributed by atoms with E-state index in [1.807, 2.05) is 0 Å². The summed E-state index contributed by atoms with van der Waals surface area (Å²) in [5, 5.41) is 9.35. The van der Waals surface area contributed by atoms with Gasteiger partial charge >= 0.3 is 0 Å². The first-order valence-electron chi connectivity index (χ1n) is 5.63. The van der Waals surface area contributed by atoms with Crippen molar-refractivity contribution < 1.29 is 4.79 Å². The number of carbonyl (C=O) groups is 1. The highest BCUT2D eigenvalue weighted by Crippen LogP contribution is 2.22. The Morgan fingerprint density at radius 1 is 1.47 bits per heavy atom. The van der Waals surface area contributed by atoms with Gasteiger partial charge < -0.3 is 5.32 Å². The Hall–Kier alpha value is -1.32. The minimum Gasteiger partial charge on any atom is -0.352 e. The van der Waals surface area contributed by atoms with Crippen LogP contribution in [0.1, 0.15) is 42.5 Å². The van der Waals surface area contributed by atoms with Gasteiger partial charge in [0.1, 0.15) is 0 Å². The molecule has 0 unspecified atom stereocenters. The predicted molar refractivity (Wildman–Crippen MR) is 57.5 cm³/mol. The third-order valence-electron chi connectivity index (χ3n) is 3.04. The van der Waals surface area contributed by atoms with Gasteiger partial charge in [0, 0.05) is 12.7 Å². The average molecular weight is 207 g/mol. The number of aromatic amines is 1. The second-order valence-electron chi connectivity index (χ2n) is 4.20. The summed E-state index contributed by atoms with van der Waals surface area (Å²) in [5.74, 6) is 0.656. The highest BCUT2D eigenvalue weighted by molar-refractivity contribution is 5.93. The van der Waals surface area contributed by atoms with Crippen LogP contribution in [0.3, 0.4) is 0 Å². The Morgan fingerprint density at radius 2 is 2.27 bits per heavy atom. The van der Waals surface area contributed by atoms with Crippen molar-refractivity contribution >= 4 is 5.91 Å². The minimum absolute atomic E-state index is 0.0191. The van der Waals surface area contributed by atoms with Crippen LogP contribution in [-0.2, 0) is 0 Å². The zero-order valence-corrected chi connectivity index (χ0v) is 8.83. The van der Waals surface area contributed by atoms with E-state index in [2.05, 4.69) is 15.5 Å². The Balaban J connectivity index is 1.75. The van der Waals surface area contributed by atoms with Gasteiger partial charge in [-0.05, 0) is 18.8 Å². The average Bonchev–Trinajstić information content (AvgIpc) is 2.81. The van der Waals surface area contributed by atoms with Crippen LogP contribution in [0.4, 0.5) is 0 Å². The Labute approximate surface area is 89.5 Å². The molecular weight excluding hydrogens is 190 g/mol. The molecule has 0 aromatic carbocycles. The SMILES string of the molecule is O=C(NCC1CCCCC1)c1cn[nH]c1. The Morgan fingerprint density at radius 3 is 2.93 bits per heavy atom. The summed E-state index contributed by atoms with van der Waals surface area (Å²) < 4.78 is 0. The van der Waals surface area contributed by atoms with Gasteiger partial charge in [-0.2, -0.15) is 5.10 Å². The fourth-order valence-electron chi connectivity index (χ4n) is 2.11. The van der Waals surface area contributed by atoms with Crippen molar-refractivity contribution in [1.29, 1.82) is 0 Å². The van der Waals surface area contributed by atoms with Crippen molar-refractivity contribution in [3.8, 4) is 0 Å². The molecule has 1 amide bonds. The number of hydrogen-bond acceptors (Lipinski definition) is 2. The lowest BCUT2D eigenvalue weighted by atomic mass is 9.89. The summed E-state index contributed by atoms with van der Waals surface area (Å²) in [6.45, 7) is 0.810. The first-order valence-corrected chi connectivity index (χ1v) is 5.63. The van der Waals surface area contributed by atoms with Gasteiger partial charge in [-0.1, -0.05) is 19.3 Å². The smallest absolute Gasteiger partial charge is 0.254 e. The summed E-state index contributed by atoms with van der Waals surface area (Å²) in [6.07, 6.45) is 9.66. The number of H-pyrrole nitrogens is 1. The molecular formula is C11H17N3O. The van der Waals surface area contributed by atoms with Gasteiger partial charge in [-0.25, -0.2) is 0 Å². The van der Waals surface area contributed by atoms with Crippen molar-refractivity contribution in [1.82, 2.24) is 15.5 Å². The van der Waals surface area contributed by atoms with Crippen LogP contribution in [0.5, 0.6) is 0 Å². The maximum atomic E-state index is 11.6. The van der Waals surface area contributed by atoms with Crippen molar-refractivity contribution in [3.63, 3.8) is 0 Å². The van der Waals surface area contributed by atoms with E-state index in [1.54, 1.807) is 12.4 Å². The maximum Gasteiger partial charge on any atom is 0.254 e. The molecule has 0 bridgehead atoms. The molecule has 0 radical (unpaired) electrons. The minimum atomic E-state index is -0.0191. The molecule has 1 aromatic heterocycles. The van der Waals surface area contributed by atoms with E-state index in [1.165, 1.54) is 32.1 Å². The van der Waals surface area contributed by atoms with Crippen molar-refractivity contribution in [2.75, 3.05) is 6.54 Å². The molecule has 0 atom stereocenters. The van der Waals surface area contributed by atoms with E-state index in [9.17, 15) is 4.79 Å². The number of amides is 1. The van der Waals surface area contributed by atoms with Crippen LogP contribution in [0, 0.1) is 5.92 Å². The molecule has 15 heavy (non-hydrogen) atoms. The summed E-state index contributed by atoms with van der Waals surface area (Å²) in [6, 6.07) is 0. The second-order valence-corrected chi connectivity index (χ2v) is 4.20. The number of hydrogen-bond donors (Lipinski definition) is 2. The molecule has 82 valence electrons. The normalized spacial score (nSPS) is 17.6. The summed E-state index contributed by atoms with van der Waals surface area (Å²) in [7, 11) is 0. The number of nitrogens with one attached hydrogen (secondary N) is 2. The lowest BCUT2D eigenvalue weighted by Crippen LogP contribution is -2.29. The molecule has 1 aromatic rings. The number of nitrogens with zero attached hydrogens (tertiary/aromatic N) is 1. The third kappa shape index (κ3) is 2.81. The number of aromatic nitrogens is 2. The fourth-order valence-corrected chi connectivity index (χ4v) is 2.11. The van der Waals surface area contributed by atoms with Crippen LogP contribution in [0.2, 0.25) is 0 Å². The van der Waals surface area contributed by atoms with E-state index in [0.717, 1.165) is 6.54 Å². The largest absolute Gasteiger partial charge is 0.352 e. The Kier molecular flexibility index (Phi) is 3.37. The van der Waals surface area contributed by atoms with Gasteiger partial charge in [0.25, 0.3) is 5.91 Å². The zero-order valence-electron chi connectivity index (χ0n) is 8.83. The van der Waals surface area contributed by atoms with Gasteiger partial charge in [-0.3, -0.25) is 9.89 Å². The third-order valence-corrected chi connectivity index (χ3v) is 3.04. The highest BCUT2D eigenvalue weighted by atomic mass is 16.1. The molecule has 1 aliphatic carbocycles. The molecule has 4 nitrogen and oxygen atoms in total. The van der Waals surface area contributed by atoms with Gasteiger partial charge in [-0.15, -0.1) is 0 Å². The van der Waals surface area contributed by atoms with Crippen LogP contribution >= 0.6 is 0 Å². The topological polar surface area (TPSA) is 57.8 Å². The lowest BCUT2D eigenvalue weighted by Gasteiger charge is -2.21.